The highest BCUT2D eigenvalue weighted by Crippen LogP contribution is 2.29. The average Bonchev–Trinajstić information content (AvgIpc) is 3.06. The number of allylic oxidation sites excluding steroid dienone is 2. The van der Waals surface area contributed by atoms with Gasteiger partial charge in [-0.15, -0.1) is 0 Å². The van der Waals surface area contributed by atoms with Crippen molar-refractivity contribution in [2.24, 2.45) is 0 Å². The van der Waals surface area contributed by atoms with Crippen molar-refractivity contribution >= 4 is 22.5 Å². The quantitative estimate of drug-likeness (QED) is 0.709. The van der Waals surface area contributed by atoms with Crippen LogP contribution in [0, 0.1) is 0 Å². The van der Waals surface area contributed by atoms with Crippen LogP contribution in [0.2, 0.25) is 0 Å². The standard InChI is InChI=1S/C23H26O6/c1-23(2)27-14-17(29-23)13-26-21(25)11-16-9-6-10-18-19(24)12-20(28-22(16)18)15-7-4-3-5-8-15/h6-7,9-10,12,17H,3-5,8,11,13-14H2,1-2H3. The van der Waals surface area contributed by atoms with E-state index in [1.54, 1.807) is 24.3 Å². The van der Waals surface area contributed by atoms with Crippen molar-refractivity contribution in [1.29, 1.82) is 0 Å². The average molecular weight is 398 g/mol. The zero-order chi connectivity index (χ0) is 20.4. The van der Waals surface area contributed by atoms with Crippen LogP contribution in [-0.4, -0.2) is 31.1 Å². The van der Waals surface area contributed by atoms with Crippen LogP contribution in [0.3, 0.4) is 0 Å². The molecule has 2 aromatic rings. The van der Waals surface area contributed by atoms with Gasteiger partial charge in [-0.25, -0.2) is 0 Å². The summed E-state index contributed by atoms with van der Waals surface area (Å²) in [4.78, 5) is 25.0. The molecule has 1 aliphatic carbocycles. The van der Waals surface area contributed by atoms with Crippen LogP contribution < -0.4 is 5.43 Å². The molecule has 29 heavy (non-hydrogen) atoms. The lowest BCUT2D eigenvalue weighted by Gasteiger charge is -2.17. The molecule has 0 radical (unpaired) electrons. The minimum atomic E-state index is -0.652. The number of hydrogen-bond acceptors (Lipinski definition) is 6. The Morgan fingerprint density at radius 2 is 2.14 bits per heavy atom. The number of carbonyl (C=O) groups excluding carboxylic acids is 1. The topological polar surface area (TPSA) is 75.0 Å². The van der Waals surface area contributed by atoms with Crippen LogP contribution in [0.15, 0.2) is 39.6 Å². The van der Waals surface area contributed by atoms with Crippen LogP contribution in [0.1, 0.15) is 50.9 Å². The Bertz CT molecular complexity index is 1000. The highest BCUT2D eigenvalue weighted by Gasteiger charge is 2.33. The molecule has 1 aliphatic heterocycles. The van der Waals surface area contributed by atoms with E-state index >= 15 is 0 Å². The molecule has 0 amide bonds. The zero-order valence-electron chi connectivity index (χ0n) is 16.9. The molecule has 4 rings (SSSR count). The van der Waals surface area contributed by atoms with Crippen LogP contribution in [0.25, 0.3) is 16.5 Å². The van der Waals surface area contributed by atoms with Crippen molar-refractivity contribution in [3.63, 3.8) is 0 Å². The third kappa shape index (κ3) is 4.60. The van der Waals surface area contributed by atoms with E-state index in [0.717, 1.165) is 31.3 Å². The second-order valence-corrected chi connectivity index (χ2v) is 8.05. The molecular formula is C23H26O6. The number of hydrogen-bond donors (Lipinski definition) is 0. The Morgan fingerprint density at radius 3 is 2.86 bits per heavy atom. The SMILES string of the molecule is CC1(C)OCC(COC(=O)Cc2cccc3c(=O)cc(C4=CCCCC4)oc23)O1. The Labute approximate surface area is 169 Å². The summed E-state index contributed by atoms with van der Waals surface area (Å²) in [5.41, 5.74) is 2.07. The molecule has 0 bridgehead atoms. The van der Waals surface area contributed by atoms with Gasteiger partial charge in [-0.3, -0.25) is 9.59 Å². The van der Waals surface area contributed by atoms with Crippen LogP contribution in [0.5, 0.6) is 0 Å². The van der Waals surface area contributed by atoms with Crippen molar-refractivity contribution in [2.45, 2.75) is 57.8 Å². The predicted octanol–water partition coefficient (Wildman–Crippen LogP) is 3.99. The van der Waals surface area contributed by atoms with E-state index in [4.69, 9.17) is 18.6 Å². The number of ether oxygens (including phenoxy) is 3. The Hall–Kier alpha value is -2.44. The van der Waals surface area contributed by atoms with Crippen molar-refractivity contribution < 1.29 is 23.4 Å². The molecule has 1 fully saturated rings. The maximum atomic E-state index is 12.6. The first-order chi connectivity index (χ1) is 13.9. The maximum Gasteiger partial charge on any atom is 0.310 e. The lowest BCUT2D eigenvalue weighted by atomic mass is 9.97. The summed E-state index contributed by atoms with van der Waals surface area (Å²) in [5, 5.41) is 0.477. The maximum absolute atomic E-state index is 12.6. The van der Waals surface area contributed by atoms with E-state index in [1.807, 2.05) is 13.8 Å². The summed E-state index contributed by atoms with van der Waals surface area (Å²) in [6, 6.07) is 6.84. The number of benzene rings is 1. The minimum Gasteiger partial charge on any atom is -0.463 e. The number of carbonyl (C=O) groups is 1. The van der Waals surface area contributed by atoms with E-state index in [1.165, 1.54) is 0 Å². The largest absolute Gasteiger partial charge is 0.463 e. The first-order valence-corrected chi connectivity index (χ1v) is 10.1. The summed E-state index contributed by atoms with van der Waals surface area (Å²) >= 11 is 0. The van der Waals surface area contributed by atoms with Gasteiger partial charge in [0.05, 0.1) is 18.4 Å². The molecule has 2 aliphatic rings. The lowest BCUT2D eigenvalue weighted by Crippen LogP contribution is -2.25. The Balaban J connectivity index is 1.52. The molecule has 1 atom stereocenters. The highest BCUT2D eigenvalue weighted by atomic mass is 16.7. The van der Waals surface area contributed by atoms with Gasteiger partial charge in [-0.2, -0.15) is 0 Å². The molecule has 1 saturated heterocycles. The van der Waals surface area contributed by atoms with Crippen LogP contribution >= 0.6 is 0 Å². The molecule has 6 heteroatoms. The highest BCUT2D eigenvalue weighted by molar-refractivity contribution is 5.85. The van der Waals surface area contributed by atoms with E-state index in [2.05, 4.69) is 6.08 Å². The third-order valence-corrected chi connectivity index (χ3v) is 5.28. The number of esters is 1. The third-order valence-electron chi connectivity index (χ3n) is 5.28. The van der Waals surface area contributed by atoms with Crippen molar-refractivity contribution in [1.82, 2.24) is 0 Å². The summed E-state index contributed by atoms with van der Waals surface area (Å²) in [7, 11) is 0. The smallest absolute Gasteiger partial charge is 0.310 e. The normalized spacial score (nSPS) is 21.2. The van der Waals surface area contributed by atoms with E-state index in [9.17, 15) is 9.59 Å². The molecule has 154 valence electrons. The van der Waals surface area contributed by atoms with Crippen molar-refractivity contribution in [2.75, 3.05) is 13.2 Å². The second kappa shape index (κ2) is 8.13. The summed E-state index contributed by atoms with van der Waals surface area (Å²) < 4.78 is 22.6. The van der Waals surface area contributed by atoms with Crippen LogP contribution in [0.4, 0.5) is 0 Å². The fourth-order valence-electron chi connectivity index (χ4n) is 3.83. The lowest BCUT2D eigenvalue weighted by molar-refractivity contribution is -0.157. The first-order valence-electron chi connectivity index (χ1n) is 10.1. The predicted molar refractivity (Wildman–Crippen MR) is 108 cm³/mol. The summed E-state index contributed by atoms with van der Waals surface area (Å²) in [5.74, 6) is -0.446. The first kappa shape index (κ1) is 19.9. The zero-order valence-corrected chi connectivity index (χ0v) is 16.9. The van der Waals surface area contributed by atoms with Gasteiger partial charge in [-0.05, 0) is 51.2 Å². The van der Waals surface area contributed by atoms with Gasteiger partial charge in [0.2, 0.25) is 0 Å². The monoisotopic (exact) mass is 398 g/mol. The number of rotatable bonds is 5. The van der Waals surface area contributed by atoms with Gasteiger partial charge in [0.15, 0.2) is 11.2 Å². The summed E-state index contributed by atoms with van der Waals surface area (Å²) in [6.45, 7) is 4.18. The molecule has 6 nitrogen and oxygen atoms in total. The van der Waals surface area contributed by atoms with Gasteiger partial charge in [0, 0.05) is 11.6 Å². The van der Waals surface area contributed by atoms with Gasteiger partial charge in [0.25, 0.3) is 0 Å². The number of para-hydroxylation sites is 1. The summed E-state index contributed by atoms with van der Waals surface area (Å²) in [6.07, 6.45) is 6.03. The molecule has 0 N–H and O–H groups in total. The second-order valence-electron chi connectivity index (χ2n) is 8.05. The fraction of sp³-hybridized carbons (Fsp3) is 0.478. The molecule has 0 saturated carbocycles. The molecule has 1 aromatic carbocycles. The van der Waals surface area contributed by atoms with Gasteiger partial charge < -0.3 is 18.6 Å². The fourth-order valence-corrected chi connectivity index (χ4v) is 3.83. The van der Waals surface area contributed by atoms with Gasteiger partial charge in [0.1, 0.15) is 24.1 Å². The van der Waals surface area contributed by atoms with Crippen molar-refractivity contribution in [3.8, 4) is 0 Å². The van der Waals surface area contributed by atoms with E-state index < -0.39 is 11.8 Å². The van der Waals surface area contributed by atoms with E-state index in [-0.39, 0.29) is 24.6 Å². The molecule has 1 aromatic heterocycles. The van der Waals surface area contributed by atoms with Gasteiger partial charge in [-0.1, -0.05) is 18.2 Å². The van der Waals surface area contributed by atoms with Crippen molar-refractivity contribution in [3.05, 3.63) is 51.9 Å². The Morgan fingerprint density at radius 1 is 1.28 bits per heavy atom. The van der Waals surface area contributed by atoms with Crippen LogP contribution in [-0.2, 0) is 25.4 Å². The minimum absolute atomic E-state index is 0.0275. The number of fused-ring (bicyclic) bond motifs is 1. The van der Waals surface area contributed by atoms with E-state index in [0.29, 0.717) is 28.9 Å². The molecule has 0 spiro atoms. The van der Waals surface area contributed by atoms with Gasteiger partial charge >= 0.3 is 5.97 Å². The molecule has 2 heterocycles. The Kier molecular flexibility index (Phi) is 5.56. The molecular weight excluding hydrogens is 372 g/mol. The molecule has 1 unspecified atom stereocenters.